The number of aliphatic hydroxyl groups is 6. The number of carboxylic acids is 1. The Bertz CT molecular complexity index is 1200. The zero-order valence-corrected chi connectivity index (χ0v) is 21.7. The van der Waals surface area contributed by atoms with Crippen molar-refractivity contribution in [3.05, 3.63) is 22.7 Å². The molecule has 0 spiro atoms. The molecule has 2 fully saturated rings. The standard InChI is InChI=1S/C20H31N4O15P/c1-7(26)22-12-8(27)4-20(18(32)33,39-16(12)13(29)9(28)5-25)40(35,36)37-6-10-14(30)15(31)17(38-10)24-3-2-11(21)23-19(24)34/h2-3,8-10,12-17,25,27-31H,4-6H2,1H3,(H,22,26)(H,32,33)(H,35,36)(H2,21,23,34)/t8-,9+,10+,12+,13+,14-,15?,16?,17+,20-/m0/s1. The molecule has 40 heavy (non-hydrogen) atoms. The second kappa shape index (κ2) is 12.1. The van der Waals surface area contributed by atoms with E-state index in [-0.39, 0.29) is 5.82 Å². The molecule has 11 atom stereocenters. The van der Waals surface area contributed by atoms with Crippen LogP contribution >= 0.6 is 7.60 Å². The summed E-state index contributed by atoms with van der Waals surface area (Å²) >= 11 is 0. The third-order valence-corrected chi connectivity index (χ3v) is 8.43. The minimum Gasteiger partial charge on any atom is -0.479 e. The molecule has 11 N–H and O–H groups in total. The molecule has 3 heterocycles. The summed E-state index contributed by atoms with van der Waals surface area (Å²) < 4.78 is 29.8. The van der Waals surface area contributed by atoms with Gasteiger partial charge < -0.3 is 65.7 Å². The molecule has 2 saturated heterocycles. The van der Waals surface area contributed by atoms with Gasteiger partial charge in [0.25, 0.3) is 5.34 Å². The lowest BCUT2D eigenvalue weighted by Crippen LogP contribution is -2.67. The van der Waals surface area contributed by atoms with Crippen molar-refractivity contribution in [2.75, 3.05) is 18.9 Å². The van der Waals surface area contributed by atoms with Gasteiger partial charge in [0.1, 0.15) is 42.4 Å². The fourth-order valence-electron chi connectivity index (χ4n) is 4.43. The van der Waals surface area contributed by atoms with Crippen molar-refractivity contribution >= 4 is 25.3 Å². The third-order valence-electron chi connectivity index (χ3n) is 6.54. The second-order valence-electron chi connectivity index (χ2n) is 9.32. The van der Waals surface area contributed by atoms with Crippen LogP contribution in [0.5, 0.6) is 0 Å². The lowest BCUT2D eigenvalue weighted by Gasteiger charge is -2.47. The quantitative estimate of drug-likeness (QED) is 0.112. The van der Waals surface area contributed by atoms with E-state index in [1.807, 2.05) is 0 Å². The van der Waals surface area contributed by atoms with E-state index in [4.69, 9.17) is 19.7 Å². The molecule has 20 heteroatoms. The number of nitrogens with one attached hydrogen (secondary N) is 1. The molecule has 19 nitrogen and oxygen atoms in total. The smallest absolute Gasteiger partial charge is 0.371 e. The Balaban J connectivity index is 1.87. The van der Waals surface area contributed by atoms with Crippen molar-refractivity contribution in [3.8, 4) is 0 Å². The van der Waals surface area contributed by atoms with E-state index in [9.17, 15) is 59.6 Å². The SMILES string of the molecule is CC(=O)N[C@H]1C([C@H](O)[C@H](O)CO)O[C@](C(=O)O)(P(=O)(O)OC[C@H]2O[C@@H](n3ccc(N)nc3=O)C(O)[C@H]2O)C[C@@H]1O. The van der Waals surface area contributed by atoms with Crippen LogP contribution in [-0.2, 0) is 28.2 Å². The number of nitrogens with two attached hydrogens (primary N) is 1. The van der Waals surface area contributed by atoms with Crippen LogP contribution < -0.4 is 16.7 Å². The molecule has 1 aromatic rings. The van der Waals surface area contributed by atoms with Crippen molar-refractivity contribution < 1.29 is 68.8 Å². The number of nitrogen functional groups attached to an aromatic ring is 1. The van der Waals surface area contributed by atoms with Gasteiger partial charge in [-0.3, -0.25) is 13.9 Å². The monoisotopic (exact) mass is 598 g/mol. The van der Waals surface area contributed by atoms with Crippen LogP contribution in [0.1, 0.15) is 19.6 Å². The number of aromatic nitrogens is 2. The number of nitrogens with zero attached hydrogens (tertiary/aromatic N) is 2. The Morgan fingerprint density at radius 2 is 1.98 bits per heavy atom. The Kier molecular flexibility index (Phi) is 9.70. The number of ether oxygens (including phenoxy) is 2. The minimum absolute atomic E-state index is 0.139. The van der Waals surface area contributed by atoms with Crippen LogP contribution in [0, 0.1) is 0 Å². The third kappa shape index (κ3) is 6.04. The topological polar surface area (TPSA) is 314 Å². The van der Waals surface area contributed by atoms with Crippen LogP contribution in [0.25, 0.3) is 0 Å². The van der Waals surface area contributed by atoms with Crippen LogP contribution in [0.15, 0.2) is 17.1 Å². The van der Waals surface area contributed by atoms with Crippen LogP contribution in [-0.4, -0.2) is 129 Å². The highest BCUT2D eigenvalue weighted by Crippen LogP contribution is 2.61. The van der Waals surface area contributed by atoms with Gasteiger partial charge in [0.2, 0.25) is 5.91 Å². The number of anilines is 1. The molecule has 3 rings (SSSR count). The molecule has 0 bridgehead atoms. The highest BCUT2D eigenvalue weighted by Gasteiger charge is 2.65. The maximum Gasteiger partial charge on any atom is 0.371 e. The average Bonchev–Trinajstić information content (AvgIpc) is 3.15. The molecule has 0 radical (unpaired) electrons. The van der Waals surface area contributed by atoms with E-state index < -0.39 is 105 Å². The predicted molar refractivity (Wildman–Crippen MR) is 127 cm³/mol. The molecule has 226 valence electrons. The van der Waals surface area contributed by atoms with Crippen molar-refractivity contribution in [2.45, 2.75) is 73.7 Å². The van der Waals surface area contributed by atoms with E-state index in [1.165, 1.54) is 6.07 Å². The van der Waals surface area contributed by atoms with Gasteiger partial charge in [-0.05, 0) is 6.07 Å². The van der Waals surface area contributed by atoms with Gasteiger partial charge in [-0.25, -0.2) is 9.59 Å². The summed E-state index contributed by atoms with van der Waals surface area (Å²) in [5, 5.41) is 69.8. The van der Waals surface area contributed by atoms with Crippen molar-refractivity contribution in [3.63, 3.8) is 0 Å². The highest BCUT2D eigenvalue weighted by molar-refractivity contribution is 7.55. The minimum atomic E-state index is -5.60. The van der Waals surface area contributed by atoms with E-state index in [0.717, 1.165) is 17.7 Å². The van der Waals surface area contributed by atoms with Gasteiger partial charge in [0.05, 0.1) is 25.4 Å². The Morgan fingerprint density at radius 1 is 1.32 bits per heavy atom. The summed E-state index contributed by atoms with van der Waals surface area (Å²) in [5.74, 6) is -3.05. The maximum atomic E-state index is 13.4. The molecule has 2 aliphatic rings. The lowest BCUT2D eigenvalue weighted by atomic mass is 9.89. The molecule has 1 amide bonds. The summed E-state index contributed by atoms with van der Waals surface area (Å²) in [6.07, 6.45) is -14.9. The number of amides is 1. The van der Waals surface area contributed by atoms with E-state index in [0.29, 0.717) is 0 Å². The first kappa shape index (κ1) is 32.0. The van der Waals surface area contributed by atoms with E-state index >= 15 is 0 Å². The predicted octanol–water partition coefficient (Wildman–Crippen LogP) is -5.20. The maximum absolute atomic E-state index is 13.4. The van der Waals surface area contributed by atoms with Gasteiger partial charge in [0, 0.05) is 19.5 Å². The number of aliphatic carboxylic acids is 1. The summed E-state index contributed by atoms with van der Waals surface area (Å²) in [6.45, 7) is -1.10. The summed E-state index contributed by atoms with van der Waals surface area (Å²) in [5.41, 5.74) is 4.46. The summed E-state index contributed by atoms with van der Waals surface area (Å²) in [4.78, 5) is 50.3. The fourth-order valence-corrected chi connectivity index (χ4v) is 5.91. The largest absolute Gasteiger partial charge is 0.479 e. The molecule has 2 aliphatic heterocycles. The first-order valence-corrected chi connectivity index (χ1v) is 13.3. The van der Waals surface area contributed by atoms with Crippen molar-refractivity contribution in [1.29, 1.82) is 0 Å². The van der Waals surface area contributed by atoms with Crippen LogP contribution in [0.3, 0.4) is 0 Å². The number of carbonyl (C=O) groups excluding carboxylic acids is 1. The second-order valence-corrected chi connectivity index (χ2v) is 11.3. The number of rotatable bonds is 10. The molecule has 0 aliphatic carbocycles. The highest BCUT2D eigenvalue weighted by atomic mass is 31.2. The molecular formula is C20H31N4O15P. The molecule has 0 saturated carbocycles. The summed E-state index contributed by atoms with van der Waals surface area (Å²) in [6, 6.07) is -0.394. The molecule has 3 unspecified atom stereocenters. The molecule has 1 aromatic heterocycles. The number of carbonyl (C=O) groups is 2. The van der Waals surface area contributed by atoms with Gasteiger partial charge >= 0.3 is 19.3 Å². The number of aliphatic hydroxyl groups excluding tert-OH is 6. The number of carboxylic acid groups (broad SMARTS) is 1. The first-order valence-electron chi connectivity index (χ1n) is 11.7. The van der Waals surface area contributed by atoms with Gasteiger partial charge in [0.15, 0.2) is 6.23 Å². The number of hydrogen-bond donors (Lipinski definition) is 10. The van der Waals surface area contributed by atoms with Crippen molar-refractivity contribution in [1.82, 2.24) is 14.9 Å². The first-order chi connectivity index (χ1) is 18.6. The molecule has 0 aromatic carbocycles. The van der Waals surface area contributed by atoms with Gasteiger partial charge in [-0.15, -0.1) is 0 Å². The van der Waals surface area contributed by atoms with Crippen LogP contribution in [0.2, 0.25) is 0 Å². The fraction of sp³-hybridized carbons (Fsp3) is 0.700. The zero-order valence-electron chi connectivity index (χ0n) is 20.8. The Morgan fingerprint density at radius 3 is 2.52 bits per heavy atom. The molecular weight excluding hydrogens is 567 g/mol. The Hall–Kier alpha value is -2.55. The lowest BCUT2D eigenvalue weighted by molar-refractivity contribution is -0.212. The summed E-state index contributed by atoms with van der Waals surface area (Å²) in [7, 11) is -5.60. The van der Waals surface area contributed by atoms with E-state index in [1.54, 1.807) is 0 Å². The van der Waals surface area contributed by atoms with Gasteiger partial charge in [-0.2, -0.15) is 4.98 Å². The van der Waals surface area contributed by atoms with Crippen molar-refractivity contribution in [2.24, 2.45) is 0 Å². The zero-order chi connectivity index (χ0) is 30.2. The van der Waals surface area contributed by atoms with Gasteiger partial charge in [-0.1, -0.05) is 0 Å². The van der Waals surface area contributed by atoms with E-state index in [2.05, 4.69) is 10.3 Å². The normalized spacial score (nSPS) is 35.5. The Labute approximate surface area is 224 Å². The van der Waals surface area contributed by atoms with Crippen LogP contribution in [0.4, 0.5) is 5.82 Å². The number of hydrogen-bond acceptors (Lipinski definition) is 15. The average molecular weight is 598 g/mol.